The molecule has 0 aliphatic rings. The fourth-order valence-corrected chi connectivity index (χ4v) is 2.63. The summed E-state index contributed by atoms with van der Waals surface area (Å²) in [5, 5.41) is 10.7. The van der Waals surface area contributed by atoms with E-state index in [-0.39, 0.29) is 22.9 Å². The maximum atomic E-state index is 12.0. The zero-order valence-corrected chi connectivity index (χ0v) is 11.3. The lowest BCUT2D eigenvalue weighted by atomic mass is 10.3. The Kier molecular flexibility index (Phi) is 4.81. The van der Waals surface area contributed by atoms with Gasteiger partial charge in [-0.1, -0.05) is 0 Å². The third-order valence-corrected chi connectivity index (χ3v) is 3.96. The van der Waals surface area contributed by atoms with Crippen LogP contribution in [0.3, 0.4) is 0 Å². The third kappa shape index (κ3) is 3.63. The van der Waals surface area contributed by atoms with Gasteiger partial charge < -0.3 is 10.5 Å². The first-order chi connectivity index (χ1) is 8.81. The van der Waals surface area contributed by atoms with E-state index >= 15 is 0 Å². The van der Waals surface area contributed by atoms with Crippen molar-refractivity contribution in [2.45, 2.75) is 17.9 Å². The fraction of sp³-hybridized carbons (Fsp3) is 0.400. The second-order valence-electron chi connectivity index (χ2n) is 3.85. The number of nitrogens with two attached hydrogens (primary N) is 1. The van der Waals surface area contributed by atoms with Crippen LogP contribution >= 0.6 is 0 Å². The summed E-state index contributed by atoms with van der Waals surface area (Å²) in [6.45, 7) is 1.75. The van der Waals surface area contributed by atoms with Crippen LogP contribution < -0.4 is 15.2 Å². The Labute approximate surface area is 110 Å². The number of hydrogen-bond donors (Lipinski definition) is 2. The van der Waals surface area contributed by atoms with E-state index in [2.05, 4.69) is 4.72 Å². The van der Waals surface area contributed by atoms with Crippen LogP contribution in [0.1, 0.15) is 6.92 Å². The topological polar surface area (TPSA) is 125 Å². The molecular weight excluding hydrogens is 274 g/mol. The van der Waals surface area contributed by atoms with Crippen LogP contribution in [0.2, 0.25) is 0 Å². The van der Waals surface area contributed by atoms with E-state index in [1.165, 1.54) is 7.11 Å². The van der Waals surface area contributed by atoms with Crippen molar-refractivity contribution in [2.75, 3.05) is 13.7 Å². The molecule has 1 rings (SSSR count). The SMILES string of the molecule is COc1cc(S(=O)(=O)N[C@@H](C)CN)ccc1[N+](=O)[O-]. The van der Waals surface area contributed by atoms with Crippen molar-refractivity contribution in [3.05, 3.63) is 28.3 Å². The Hall–Kier alpha value is -1.71. The molecule has 9 heteroatoms. The van der Waals surface area contributed by atoms with E-state index in [1.807, 2.05) is 0 Å². The lowest BCUT2D eigenvalue weighted by Gasteiger charge is -2.12. The quantitative estimate of drug-likeness (QED) is 0.570. The van der Waals surface area contributed by atoms with Gasteiger partial charge in [-0.2, -0.15) is 0 Å². The monoisotopic (exact) mass is 289 g/mol. The van der Waals surface area contributed by atoms with Crippen molar-refractivity contribution < 1.29 is 18.1 Å². The predicted octanol–water partition coefficient (Wildman–Crippen LogP) is 0.229. The van der Waals surface area contributed by atoms with Gasteiger partial charge in [-0.15, -0.1) is 0 Å². The van der Waals surface area contributed by atoms with Crippen molar-refractivity contribution in [3.63, 3.8) is 0 Å². The van der Waals surface area contributed by atoms with Crippen molar-refractivity contribution in [3.8, 4) is 5.75 Å². The molecule has 0 saturated carbocycles. The standard InChI is InChI=1S/C10H15N3O5S/c1-7(6-11)12-19(16,17)8-3-4-9(13(14)15)10(5-8)18-2/h3-5,7,12H,6,11H2,1-2H3/t7-/m0/s1. The van der Waals surface area contributed by atoms with Gasteiger partial charge in [0.25, 0.3) is 0 Å². The second kappa shape index (κ2) is 5.95. The van der Waals surface area contributed by atoms with Crippen molar-refractivity contribution in [2.24, 2.45) is 5.73 Å². The van der Waals surface area contributed by atoms with Crippen LogP contribution in [0.5, 0.6) is 5.75 Å². The van der Waals surface area contributed by atoms with Gasteiger partial charge in [0.2, 0.25) is 10.0 Å². The number of rotatable bonds is 6. The molecular formula is C10H15N3O5S. The number of nitrogens with zero attached hydrogens (tertiary/aromatic N) is 1. The highest BCUT2D eigenvalue weighted by Crippen LogP contribution is 2.29. The minimum Gasteiger partial charge on any atom is -0.490 e. The van der Waals surface area contributed by atoms with Gasteiger partial charge in [-0.25, -0.2) is 13.1 Å². The summed E-state index contributed by atoms with van der Waals surface area (Å²) in [6, 6.07) is 2.89. The molecule has 0 unspecified atom stereocenters. The summed E-state index contributed by atoms with van der Waals surface area (Å²) < 4.78 is 31.1. The first kappa shape index (κ1) is 15.3. The van der Waals surface area contributed by atoms with Gasteiger partial charge in [-0.05, 0) is 13.0 Å². The number of nitro groups is 1. The molecule has 19 heavy (non-hydrogen) atoms. The summed E-state index contributed by atoms with van der Waals surface area (Å²) in [5.74, 6) is -0.117. The van der Waals surface area contributed by atoms with Crippen LogP contribution in [-0.4, -0.2) is 33.0 Å². The van der Waals surface area contributed by atoms with E-state index < -0.39 is 21.0 Å². The van der Waals surface area contributed by atoms with Crippen molar-refractivity contribution in [1.29, 1.82) is 0 Å². The smallest absolute Gasteiger partial charge is 0.310 e. The molecule has 0 saturated heterocycles. The number of nitro benzene ring substituents is 1. The number of nitrogens with one attached hydrogen (secondary N) is 1. The summed E-state index contributed by atoms with van der Waals surface area (Å²) in [6.07, 6.45) is 0. The van der Waals surface area contributed by atoms with Gasteiger partial charge in [0, 0.05) is 24.7 Å². The Morgan fingerprint density at radius 2 is 2.16 bits per heavy atom. The van der Waals surface area contributed by atoms with Gasteiger partial charge >= 0.3 is 5.69 Å². The number of benzene rings is 1. The van der Waals surface area contributed by atoms with E-state index in [9.17, 15) is 18.5 Å². The van der Waals surface area contributed by atoms with Crippen LogP contribution in [0, 0.1) is 10.1 Å². The van der Waals surface area contributed by atoms with Gasteiger partial charge in [-0.3, -0.25) is 10.1 Å². The summed E-state index contributed by atoms with van der Waals surface area (Å²) in [5.41, 5.74) is 5.04. The maximum Gasteiger partial charge on any atom is 0.310 e. The number of hydrogen-bond acceptors (Lipinski definition) is 6. The molecule has 1 atom stereocenters. The highest BCUT2D eigenvalue weighted by atomic mass is 32.2. The molecule has 1 aromatic carbocycles. The van der Waals surface area contributed by atoms with E-state index in [1.54, 1.807) is 6.92 Å². The zero-order chi connectivity index (χ0) is 14.6. The maximum absolute atomic E-state index is 12.0. The van der Waals surface area contributed by atoms with Gasteiger partial charge in [0.1, 0.15) is 0 Å². The molecule has 1 aromatic rings. The Morgan fingerprint density at radius 3 is 2.63 bits per heavy atom. The molecule has 3 N–H and O–H groups in total. The highest BCUT2D eigenvalue weighted by Gasteiger charge is 2.22. The van der Waals surface area contributed by atoms with Crippen molar-refractivity contribution >= 4 is 15.7 Å². The number of sulfonamides is 1. The van der Waals surface area contributed by atoms with E-state index in [0.29, 0.717) is 0 Å². The van der Waals surface area contributed by atoms with Gasteiger partial charge in [0.05, 0.1) is 16.9 Å². The molecule has 0 aliphatic heterocycles. The van der Waals surface area contributed by atoms with E-state index in [0.717, 1.165) is 18.2 Å². The van der Waals surface area contributed by atoms with Crippen molar-refractivity contribution in [1.82, 2.24) is 4.72 Å². The number of ether oxygens (including phenoxy) is 1. The molecule has 8 nitrogen and oxygen atoms in total. The van der Waals surface area contributed by atoms with Crippen LogP contribution in [0.25, 0.3) is 0 Å². The molecule has 0 bridgehead atoms. The lowest BCUT2D eigenvalue weighted by Crippen LogP contribution is -2.37. The molecule has 0 heterocycles. The Bertz CT molecular complexity index is 573. The third-order valence-electron chi connectivity index (χ3n) is 2.37. The summed E-state index contributed by atoms with van der Waals surface area (Å²) in [4.78, 5) is 9.95. The molecule has 0 fully saturated rings. The Balaban J connectivity index is 3.19. The largest absolute Gasteiger partial charge is 0.490 e. The predicted molar refractivity (Wildman–Crippen MR) is 68.5 cm³/mol. The molecule has 0 spiro atoms. The first-order valence-corrected chi connectivity index (χ1v) is 6.85. The van der Waals surface area contributed by atoms with Crippen LogP contribution in [-0.2, 0) is 10.0 Å². The minimum atomic E-state index is -3.78. The molecule has 106 valence electrons. The van der Waals surface area contributed by atoms with E-state index in [4.69, 9.17) is 10.5 Å². The first-order valence-electron chi connectivity index (χ1n) is 5.36. The average molecular weight is 289 g/mol. The minimum absolute atomic E-state index is 0.116. The normalized spacial score (nSPS) is 13.0. The zero-order valence-electron chi connectivity index (χ0n) is 10.5. The van der Waals surface area contributed by atoms with Crippen LogP contribution in [0.15, 0.2) is 23.1 Å². The second-order valence-corrected chi connectivity index (χ2v) is 5.56. The number of methoxy groups -OCH3 is 1. The average Bonchev–Trinajstić information content (AvgIpc) is 2.37. The fourth-order valence-electron chi connectivity index (χ4n) is 1.36. The molecule has 0 amide bonds. The van der Waals surface area contributed by atoms with Gasteiger partial charge in [0.15, 0.2) is 5.75 Å². The molecule has 0 aromatic heterocycles. The molecule has 0 aliphatic carbocycles. The summed E-state index contributed by atoms with van der Waals surface area (Å²) >= 11 is 0. The highest BCUT2D eigenvalue weighted by molar-refractivity contribution is 7.89. The van der Waals surface area contributed by atoms with Crippen LogP contribution in [0.4, 0.5) is 5.69 Å². The molecule has 0 radical (unpaired) electrons. The summed E-state index contributed by atoms with van der Waals surface area (Å²) in [7, 11) is -2.55. The Morgan fingerprint density at radius 1 is 1.53 bits per heavy atom. The lowest BCUT2D eigenvalue weighted by molar-refractivity contribution is -0.385.